The van der Waals surface area contributed by atoms with Gasteiger partial charge >= 0.3 is 0 Å². The van der Waals surface area contributed by atoms with Gasteiger partial charge in [-0.25, -0.2) is 4.98 Å². The van der Waals surface area contributed by atoms with Crippen molar-refractivity contribution in [2.24, 2.45) is 0 Å². The predicted molar refractivity (Wildman–Crippen MR) is 87.2 cm³/mol. The molecule has 0 saturated carbocycles. The highest BCUT2D eigenvalue weighted by molar-refractivity contribution is 5.55. The van der Waals surface area contributed by atoms with Gasteiger partial charge in [-0.1, -0.05) is 48.5 Å². The molecule has 0 fully saturated rings. The van der Waals surface area contributed by atoms with Gasteiger partial charge in [0.25, 0.3) is 0 Å². The number of nitrogens with zero attached hydrogens (tertiary/aromatic N) is 2. The average Bonchev–Trinajstić information content (AvgIpc) is 3.02. The Bertz CT molecular complexity index is 659. The van der Waals surface area contributed by atoms with Gasteiger partial charge in [-0.15, -0.1) is 0 Å². The number of nitrogens with one attached hydrogen (secondary N) is 1. The largest absolute Gasteiger partial charge is 0.385 e. The number of anilines is 1. The molecule has 0 saturated heterocycles. The van der Waals surface area contributed by atoms with E-state index in [9.17, 15) is 0 Å². The molecule has 0 bridgehead atoms. The lowest BCUT2D eigenvalue weighted by atomic mass is 10.2. The quantitative estimate of drug-likeness (QED) is 0.689. The van der Waals surface area contributed by atoms with Crippen LogP contribution in [-0.4, -0.2) is 16.1 Å². The van der Waals surface area contributed by atoms with E-state index in [0.29, 0.717) is 0 Å². The van der Waals surface area contributed by atoms with Crippen molar-refractivity contribution in [2.45, 2.75) is 13.0 Å². The molecule has 3 heteroatoms. The molecule has 0 spiro atoms. The van der Waals surface area contributed by atoms with E-state index < -0.39 is 0 Å². The standard InChI is InChI=1S/C18H19N3/c1-3-8-16(9-4-1)18-20-13-15-21(18)14-7-12-19-17-10-5-2-6-11-17/h1-6,8-11,13,15,19H,7,12,14H2. The summed E-state index contributed by atoms with van der Waals surface area (Å²) in [4.78, 5) is 4.47. The minimum atomic E-state index is 0.955. The van der Waals surface area contributed by atoms with Crippen LogP contribution in [0.4, 0.5) is 5.69 Å². The van der Waals surface area contributed by atoms with Crippen LogP contribution in [0.5, 0.6) is 0 Å². The molecule has 1 heterocycles. The van der Waals surface area contributed by atoms with Crippen LogP contribution in [0, 0.1) is 0 Å². The molecule has 1 N–H and O–H groups in total. The van der Waals surface area contributed by atoms with Gasteiger partial charge < -0.3 is 9.88 Å². The summed E-state index contributed by atoms with van der Waals surface area (Å²) in [6.45, 7) is 1.92. The third-order valence-electron chi connectivity index (χ3n) is 3.43. The first-order chi connectivity index (χ1) is 10.4. The normalized spacial score (nSPS) is 10.5. The molecule has 0 unspecified atom stereocenters. The van der Waals surface area contributed by atoms with Crippen molar-refractivity contribution in [1.82, 2.24) is 9.55 Å². The molecular formula is C18H19N3. The van der Waals surface area contributed by atoms with Crippen molar-refractivity contribution in [3.8, 4) is 11.4 Å². The lowest BCUT2D eigenvalue weighted by Crippen LogP contribution is -2.07. The molecule has 0 aliphatic carbocycles. The molecule has 21 heavy (non-hydrogen) atoms. The second-order valence-electron chi connectivity index (χ2n) is 4.96. The summed E-state index contributed by atoms with van der Waals surface area (Å²) in [5.74, 6) is 1.04. The molecule has 3 nitrogen and oxygen atoms in total. The van der Waals surface area contributed by atoms with E-state index in [2.05, 4.69) is 39.1 Å². The summed E-state index contributed by atoms with van der Waals surface area (Å²) in [5, 5.41) is 3.43. The van der Waals surface area contributed by atoms with Crippen LogP contribution in [0.2, 0.25) is 0 Å². The third kappa shape index (κ3) is 3.51. The van der Waals surface area contributed by atoms with Crippen molar-refractivity contribution in [2.75, 3.05) is 11.9 Å². The highest BCUT2D eigenvalue weighted by Gasteiger charge is 2.04. The van der Waals surface area contributed by atoms with Crippen LogP contribution < -0.4 is 5.32 Å². The molecule has 0 aliphatic rings. The number of para-hydroxylation sites is 1. The zero-order chi connectivity index (χ0) is 14.3. The lowest BCUT2D eigenvalue weighted by molar-refractivity contribution is 0.667. The van der Waals surface area contributed by atoms with Crippen molar-refractivity contribution >= 4 is 5.69 Å². The summed E-state index contributed by atoms with van der Waals surface area (Å²) < 4.78 is 2.21. The summed E-state index contributed by atoms with van der Waals surface area (Å²) in [7, 11) is 0. The Morgan fingerprint density at radius 2 is 1.62 bits per heavy atom. The van der Waals surface area contributed by atoms with Gasteiger partial charge in [0.1, 0.15) is 5.82 Å². The van der Waals surface area contributed by atoms with Gasteiger partial charge in [-0.05, 0) is 18.6 Å². The van der Waals surface area contributed by atoms with E-state index in [1.165, 1.54) is 11.3 Å². The minimum absolute atomic E-state index is 0.955. The van der Waals surface area contributed by atoms with E-state index in [1.807, 2.05) is 48.8 Å². The summed E-state index contributed by atoms with van der Waals surface area (Å²) in [5.41, 5.74) is 2.34. The molecule has 2 aromatic carbocycles. The predicted octanol–water partition coefficient (Wildman–Crippen LogP) is 4.05. The van der Waals surface area contributed by atoms with Gasteiger partial charge in [0.05, 0.1) is 0 Å². The number of hydrogen-bond acceptors (Lipinski definition) is 2. The van der Waals surface area contributed by atoms with E-state index in [-0.39, 0.29) is 0 Å². The number of imidazole rings is 1. The second-order valence-corrected chi connectivity index (χ2v) is 4.96. The topological polar surface area (TPSA) is 29.9 Å². The number of rotatable bonds is 6. The smallest absolute Gasteiger partial charge is 0.139 e. The van der Waals surface area contributed by atoms with E-state index in [4.69, 9.17) is 0 Å². The SMILES string of the molecule is c1ccc(NCCCn2ccnc2-c2ccccc2)cc1. The third-order valence-corrected chi connectivity index (χ3v) is 3.43. The van der Waals surface area contributed by atoms with Crippen LogP contribution >= 0.6 is 0 Å². The molecule has 3 aromatic rings. The first kappa shape index (κ1) is 13.4. The maximum absolute atomic E-state index is 4.47. The molecular weight excluding hydrogens is 258 g/mol. The number of aromatic nitrogens is 2. The monoisotopic (exact) mass is 277 g/mol. The highest BCUT2D eigenvalue weighted by atomic mass is 15.1. The van der Waals surface area contributed by atoms with Crippen LogP contribution in [0.15, 0.2) is 73.1 Å². The van der Waals surface area contributed by atoms with Gasteiger partial charge in [-0.2, -0.15) is 0 Å². The number of hydrogen-bond donors (Lipinski definition) is 1. The molecule has 1 aromatic heterocycles. The van der Waals surface area contributed by atoms with E-state index in [1.54, 1.807) is 0 Å². The Kier molecular flexibility index (Phi) is 4.32. The van der Waals surface area contributed by atoms with Crippen LogP contribution in [0.25, 0.3) is 11.4 Å². The van der Waals surface area contributed by atoms with Crippen molar-refractivity contribution in [3.63, 3.8) is 0 Å². The summed E-state index contributed by atoms with van der Waals surface area (Å²) in [6.07, 6.45) is 4.98. The fourth-order valence-electron chi connectivity index (χ4n) is 2.38. The molecule has 106 valence electrons. The molecule has 0 radical (unpaired) electrons. The van der Waals surface area contributed by atoms with Crippen molar-refractivity contribution in [3.05, 3.63) is 73.1 Å². The van der Waals surface area contributed by atoms with Gasteiger partial charge in [0.15, 0.2) is 0 Å². The van der Waals surface area contributed by atoms with Gasteiger partial charge in [0.2, 0.25) is 0 Å². The first-order valence-electron chi connectivity index (χ1n) is 7.29. The maximum Gasteiger partial charge on any atom is 0.139 e. The molecule has 3 rings (SSSR count). The van der Waals surface area contributed by atoms with Crippen LogP contribution in [0.1, 0.15) is 6.42 Å². The Morgan fingerprint density at radius 3 is 2.38 bits per heavy atom. The van der Waals surface area contributed by atoms with Crippen LogP contribution in [0.3, 0.4) is 0 Å². The van der Waals surface area contributed by atoms with Gasteiger partial charge in [-0.3, -0.25) is 0 Å². The zero-order valence-corrected chi connectivity index (χ0v) is 11.9. The first-order valence-corrected chi connectivity index (χ1v) is 7.29. The highest BCUT2D eigenvalue weighted by Crippen LogP contribution is 2.17. The van der Waals surface area contributed by atoms with E-state index >= 15 is 0 Å². The van der Waals surface area contributed by atoms with E-state index in [0.717, 1.165) is 25.3 Å². The van der Waals surface area contributed by atoms with Crippen molar-refractivity contribution in [1.29, 1.82) is 0 Å². The fourth-order valence-corrected chi connectivity index (χ4v) is 2.38. The molecule has 0 atom stereocenters. The Hall–Kier alpha value is -2.55. The Morgan fingerprint density at radius 1 is 0.905 bits per heavy atom. The minimum Gasteiger partial charge on any atom is -0.385 e. The maximum atomic E-state index is 4.47. The summed E-state index contributed by atoms with van der Waals surface area (Å²) in [6, 6.07) is 20.6. The van der Waals surface area contributed by atoms with Gasteiger partial charge in [0, 0.05) is 36.7 Å². The second kappa shape index (κ2) is 6.75. The fraction of sp³-hybridized carbons (Fsp3) is 0.167. The molecule has 0 aliphatic heterocycles. The summed E-state index contributed by atoms with van der Waals surface area (Å²) >= 11 is 0. The van der Waals surface area contributed by atoms with Crippen molar-refractivity contribution < 1.29 is 0 Å². The van der Waals surface area contributed by atoms with Crippen LogP contribution in [-0.2, 0) is 6.54 Å². The Balaban J connectivity index is 1.56. The number of benzene rings is 2. The average molecular weight is 277 g/mol. The Labute approximate surface area is 125 Å². The lowest BCUT2D eigenvalue weighted by Gasteiger charge is -2.09. The zero-order valence-electron chi connectivity index (χ0n) is 11.9. The molecule has 0 amide bonds. The number of aryl methyl sites for hydroxylation is 1.